The first-order valence-electron chi connectivity index (χ1n) is 6.09. The van der Waals surface area contributed by atoms with Crippen molar-refractivity contribution in [2.45, 2.75) is 20.1 Å². The number of benzene rings is 2. The summed E-state index contributed by atoms with van der Waals surface area (Å²) in [5, 5.41) is 3.20. The molecular weight excluding hydrogens is 328 g/mol. The van der Waals surface area contributed by atoms with Gasteiger partial charge in [0, 0.05) is 22.3 Å². The monoisotopic (exact) mass is 341 g/mol. The largest absolute Gasteiger partial charge is 0.434 e. The van der Waals surface area contributed by atoms with Crippen molar-refractivity contribution < 1.29 is 13.5 Å². The van der Waals surface area contributed by atoms with E-state index in [2.05, 4.69) is 26.0 Å². The Bertz CT molecular complexity index is 590. The molecule has 0 aliphatic carbocycles. The maximum Gasteiger partial charge on any atom is 0.387 e. The first-order chi connectivity index (χ1) is 9.56. The summed E-state index contributed by atoms with van der Waals surface area (Å²) >= 11 is 3.47. The number of nitrogens with one attached hydrogen (secondary N) is 1. The lowest BCUT2D eigenvalue weighted by Crippen LogP contribution is -2.07. The van der Waals surface area contributed by atoms with Crippen LogP contribution in [-0.2, 0) is 6.54 Å². The molecule has 0 aromatic heterocycles. The molecule has 0 saturated carbocycles. The summed E-state index contributed by atoms with van der Waals surface area (Å²) in [4.78, 5) is 0. The molecule has 1 N–H and O–H groups in total. The normalized spacial score (nSPS) is 10.7. The Morgan fingerprint density at radius 3 is 2.65 bits per heavy atom. The average Bonchev–Trinajstić information content (AvgIpc) is 2.39. The van der Waals surface area contributed by atoms with E-state index in [1.165, 1.54) is 6.07 Å². The van der Waals surface area contributed by atoms with Gasteiger partial charge in [-0.05, 0) is 46.6 Å². The van der Waals surface area contributed by atoms with Crippen LogP contribution in [0.2, 0.25) is 0 Å². The van der Waals surface area contributed by atoms with E-state index in [9.17, 15) is 8.78 Å². The maximum absolute atomic E-state index is 12.3. The lowest BCUT2D eigenvalue weighted by molar-refractivity contribution is -0.0504. The number of para-hydroxylation sites is 1. The SMILES string of the molecule is Cc1ccc(NCc2ccccc2OC(F)F)c(Br)c1. The Morgan fingerprint density at radius 2 is 1.95 bits per heavy atom. The van der Waals surface area contributed by atoms with Gasteiger partial charge < -0.3 is 10.1 Å². The summed E-state index contributed by atoms with van der Waals surface area (Å²) in [7, 11) is 0. The van der Waals surface area contributed by atoms with Crippen molar-refractivity contribution in [2.75, 3.05) is 5.32 Å². The highest BCUT2D eigenvalue weighted by Gasteiger charge is 2.09. The predicted molar refractivity (Wildman–Crippen MR) is 79.3 cm³/mol. The zero-order valence-corrected chi connectivity index (χ0v) is 12.5. The number of anilines is 1. The van der Waals surface area contributed by atoms with E-state index >= 15 is 0 Å². The topological polar surface area (TPSA) is 21.3 Å². The van der Waals surface area contributed by atoms with Crippen LogP contribution in [0.15, 0.2) is 46.9 Å². The van der Waals surface area contributed by atoms with Gasteiger partial charge in [-0.15, -0.1) is 0 Å². The number of halogens is 3. The van der Waals surface area contributed by atoms with Crippen molar-refractivity contribution in [3.8, 4) is 5.75 Å². The zero-order valence-electron chi connectivity index (χ0n) is 10.9. The van der Waals surface area contributed by atoms with Gasteiger partial charge in [0.15, 0.2) is 0 Å². The lowest BCUT2D eigenvalue weighted by atomic mass is 10.2. The molecule has 0 heterocycles. The Hall–Kier alpha value is -1.62. The molecule has 20 heavy (non-hydrogen) atoms. The van der Waals surface area contributed by atoms with Crippen LogP contribution in [0.4, 0.5) is 14.5 Å². The third kappa shape index (κ3) is 3.93. The Morgan fingerprint density at radius 1 is 1.20 bits per heavy atom. The molecule has 2 aromatic carbocycles. The minimum atomic E-state index is -2.82. The fraction of sp³-hybridized carbons (Fsp3) is 0.200. The molecule has 0 saturated heterocycles. The highest BCUT2D eigenvalue weighted by molar-refractivity contribution is 9.10. The number of aryl methyl sites for hydroxylation is 1. The van der Waals surface area contributed by atoms with E-state index in [4.69, 9.17) is 0 Å². The zero-order chi connectivity index (χ0) is 14.5. The van der Waals surface area contributed by atoms with Crippen molar-refractivity contribution in [1.82, 2.24) is 0 Å². The van der Waals surface area contributed by atoms with Crippen LogP contribution in [0.1, 0.15) is 11.1 Å². The van der Waals surface area contributed by atoms with Gasteiger partial charge in [-0.2, -0.15) is 8.78 Å². The van der Waals surface area contributed by atoms with Crippen LogP contribution >= 0.6 is 15.9 Å². The average molecular weight is 342 g/mol. The highest BCUT2D eigenvalue weighted by atomic mass is 79.9. The van der Waals surface area contributed by atoms with Gasteiger partial charge in [-0.3, -0.25) is 0 Å². The fourth-order valence-corrected chi connectivity index (χ4v) is 2.45. The van der Waals surface area contributed by atoms with E-state index in [1.807, 2.05) is 25.1 Å². The van der Waals surface area contributed by atoms with Gasteiger partial charge in [0.1, 0.15) is 5.75 Å². The van der Waals surface area contributed by atoms with Crippen molar-refractivity contribution >= 4 is 21.6 Å². The summed E-state index contributed by atoms with van der Waals surface area (Å²) in [6, 6.07) is 12.7. The van der Waals surface area contributed by atoms with Crippen molar-refractivity contribution in [2.24, 2.45) is 0 Å². The Balaban J connectivity index is 2.10. The Labute approximate surface area is 124 Å². The molecule has 0 bridgehead atoms. The molecule has 5 heteroatoms. The second kappa shape index (κ2) is 6.70. The molecule has 0 fully saturated rings. The third-order valence-corrected chi connectivity index (χ3v) is 3.44. The van der Waals surface area contributed by atoms with Crippen LogP contribution in [-0.4, -0.2) is 6.61 Å². The highest BCUT2D eigenvalue weighted by Crippen LogP contribution is 2.26. The van der Waals surface area contributed by atoms with E-state index in [0.29, 0.717) is 12.1 Å². The third-order valence-electron chi connectivity index (χ3n) is 2.78. The van der Waals surface area contributed by atoms with Crippen LogP contribution in [0.3, 0.4) is 0 Å². The summed E-state index contributed by atoms with van der Waals surface area (Å²) in [6.07, 6.45) is 0. The van der Waals surface area contributed by atoms with Crippen molar-refractivity contribution in [3.05, 3.63) is 58.1 Å². The van der Waals surface area contributed by atoms with Gasteiger partial charge >= 0.3 is 6.61 Å². The molecule has 0 unspecified atom stereocenters. The van der Waals surface area contributed by atoms with Gasteiger partial charge in [0.25, 0.3) is 0 Å². The molecule has 2 nitrogen and oxygen atoms in total. The molecule has 2 aromatic rings. The van der Waals surface area contributed by atoms with Crippen LogP contribution in [0.25, 0.3) is 0 Å². The molecule has 0 aliphatic heterocycles. The summed E-state index contributed by atoms with van der Waals surface area (Å²) < 4.78 is 30.1. The smallest absolute Gasteiger partial charge is 0.387 e. The van der Waals surface area contributed by atoms with Crippen molar-refractivity contribution in [1.29, 1.82) is 0 Å². The first kappa shape index (κ1) is 14.8. The van der Waals surface area contributed by atoms with Crippen LogP contribution in [0, 0.1) is 6.92 Å². The molecule has 0 radical (unpaired) electrons. The Kier molecular flexibility index (Phi) is 4.95. The van der Waals surface area contributed by atoms with E-state index in [-0.39, 0.29) is 5.75 Å². The molecule has 106 valence electrons. The number of rotatable bonds is 5. The quantitative estimate of drug-likeness (QED) is 0.828. The number of hydrogen-bond donors (Lipinski definition) is 1. The number of ether oxygens (including phenoxy) is 1. The predicted octanol–water partition coefficient (Wildman–Crippen LogP) is 4.97. The molecule has 0 spiro atoms. The fourth-order valence-electron chi connectivity index (χ4n) is 1.81. The van der Waals surface area contributed by atoms with E-state index in [0.717, 1.165) is 15.7 Å². The molecule has 0 amide bonds. The number of hydrogen-bond acceptors (Lipinski definition) is 2. The van der Waals surface area contributed by atoms with Gasteiger partial charge in [-0.1, -0.05) is 24.3 Å². The molecule has 2 rings (SSSR count). The standard InChI is InChI=1S/C15H14BrF2NO/c1-10-6-7-13(12(16)8-10)19-9-11-4-2-3-5-14(11)20-15(17)18/h2-8,15,19H,9H2,1H3. The maximum atomic E-state index is 12.3. The van der Waals surface area contributed by atoms with Gasteiger partial charge in [0.2, 0.25) is 0 Å². The van der Waals surface area contributed by atoms with E-state index in [1.54, 1.807) is 18.2 Å². The minimum Gasteiger partial charge on any atom is -0.434 e. The second-order valence-electron chi connectivity index (χ2n) is 4.32. The van der Waals surface area contributed by atoms with E-state index < -0.39 is 6.61 Å². The van der Waals surface area contributed by atoms with Crippen LogP contribution in [0.5, 0.6) is 5.75 Å². The lowest BCUT2D eigenvalue weighted by Gasteiger charge is -2.13. The summed E-state index contributed by atoms with van der Waals surface area (Å²) in [6.45, 7) is -0.410. The van der Waals surface area contributed by atoms with Crippen LogP contribution < -0.4 is 10.1 Å². The van der Waals surface area contributed by atoms with Gasteiger partial charge in [0.05, 0.1) is 0 Å². The molecular formula is C15H14BrF2NO. The number of alkyl halides is 2. The molecule has 0 aliphatic rings. The van der Waals surface area contributed by atoms with Crippen molar-refractivity contribution in [3.63, 3.8) is 0 Å². The summed E-state index contributed by atoms with van der Waals surface area (Å²) in [5.74, 6) is 0.193. The first-order valence-corrected chi connectivity index (χ1v) is 6.88. The van der Waals surface area contributed by atoms with Gasteiger partial charge in [-0.25, -0.2) is 0 Å². The molecule has 0 atom stereocenters. The summed E-state index contributed by atoms with van der Waals surface area (Å²) in [5.41, 5.74) is 2.73. The minimum absolute atomic E-state index is 0.193. The second-order valence-corrected chi connectivity index (χ2v) is 5.18.